The second-order valence-corrected chi connectivity index (χ2v) is 3.74. The van der Waals surface area contributed by atoms with Crippen molar-refractivity contribution < 1.29 is 4.74 Å². The highest BCUT2D eigenvalue weighted by atomic mass is 16.5. The first-order chi connectivity index (χ1) is 7.43. The van der Waals surface area contributed by atoms with E-state index in [1.54, 1.807) is 0 Å². The van der Waals surface area contributed by atoms with Gasteiger partial charge in [0.25, 0.3) is 0 Å². The van der Waals surface area contributed by atoms with Crippen molar-refractivity contribution in [2.24, 2.45) is 0 Å². The zero-order valence-corrected chi connectivity index (χ0v) is 8.39. The number of hydrogen-bond donors (Lipinski definition) is 1. The fourth-order valence-electron chi connectivity index (χ4n) is 1.92. The first-order valence-electron chi connectivity index (χ1n) is 5.17. The summed E-state index contributed by atoms with van der Waals surface area (Å²) < 4.78 is 7.48. The second-order valence-electron chi connectivity index (χ2n) is 3.74. The van der Waals surface area contributed by atoms with Gasteiger partial charge in [0.2, 0.25) is 0 Å². The largest absolute Gasteiger partial charge is 0.378 e. The van der Waals surface area contributed by atoms with Gasteiger partial charge in [0.05, 0.1) is 19.3 Å². The number of ether oxygens (including phenoxy) is 1. The van der Waals surface area contributed by atoms with E-state index in [0.717, 1.165) is 25.4 Å². The molecule has 1 unspecified atom stereocenters. The third-order valence-corrected chi connectivity index (χ3v) is 2.74. The Hall–Kier alpha value is -1.39. The van der Waals surface area contributed by atoms with Gasteiger partial charge in [-0.25, -0.2) is 4.98 Å². The van der Waals surface area contributed by atoms with Crippen LogP contribution in [-0.2, 0) is 4.74 Å². The van der Waals surface area contributed by atoms with Crippen molar-refractivity contribution in [1.29, 1.82) is 0 Å². The van der Waals surface area contributed by atoms with Gasteiger partial charge in [-0.05, 0) is 11.6 Å². The minimum absolute atomic E-state index is 0.311. The lowest BCUT2D eigenvalue weighted by Gasteiger charge is -2.24. The maximum Gasteiger partial charge on any atom is 0.136 e. The summed E-state index contributed by atoms with van der Waals surface area (Å²) in [7, 11) is 0. The van der Waals surface area contributed by atoms with E-state index < -0.39 is 0 Å². The summed E-state index contributed by atoms with van der Waals surface area (Å²) in [6.07, 6.45) is 5.88. The predicted octanol–water partition coefficient (Wildman–Crippen LogP) is 0.995. The van der Waals surface area contributed by atoms with Crippen LogP contribution in [0.25, 0.3) is 5.65 Å². The zero-order valence-electron chi connectivity index (χ0n) is 8.39. The quantitative estimate of drug-likeness (QED) is 0.751. The molecule has 1 fully saturated rings. The predicted molar refractivity (Wildman–Crippen MR) is 56.8 cm³/mol. The van der Waals surface area contributed by atoms with Crippen molar-refractivity contribution in [3.05, 3.63) is 36.3 Å². The van der Waals surface area contributed by atoms with Gasteiger partial charge >= 0.3 is 0 Å². The van der Waals surface area contributed by atoms with Gasteiger partial charge in [-0.1, -0.05) is 6.07 Å². The van der Waals surface area contributed by atoms with Gasteiger partial charge in [0, 0.05) is 25.1 Å². The Morgan fingerprint density at radius 3 is 3.33 bits per heavy atom. The highest BCUT2D eigenvalue weighted by molar-refractivity contribution is 5.40. The van der Waals surface area contributed by atoms with Crippen molar-refractivity contribution >= 4 is 5.65 Å². The fraction of sp³-hybridized carbons (Fsp3) is 0.364. The van der Waals surface area contributed by atoms with Crippen molar-refractivity contribution in [2.75, 3.05) is 19.8 Å². The maximum atomic E-state index is 5.44. The molecule has 1 saturated heterocycles. The van der Waals surface area contributed by atoms with Crippen LogP contribution in [0.4, 0.5) is 0 Å². The second kappa shape index (κ2) is 3.64. The number of imidazole rings is 1. The van der Waals surface area contributed by atoms with Crippen LogP contribution in [-0.4, -0.2) is 29.1 Å². The molecule has 78 valence electrons. The topological polar surface area (TPSA) is 38.6 Å². The number of nitrogens with zero attached hydrogens (tertiary/aromatic N) is 2. The molecule has 0 amide bonds. The average molecular weight is 203 g/mol. The van der Waals surface area contributed by atoms with Crippen molar-refractivity contribution in [3.63, 3.8) is 0 Å². The Balaban J connectivity index is 1.95. The third-order valence-electron chi connectivity index (χ3n) is 2.74. The molecule has 1 aliphatic heterocycles. The third kappa shape index (κ3) is 1.62. The highest BCUT2D eigenvalue weighted by Gasteiger charge is 2.15. The smallest absolute Gasteiger partial charge is 0.136 e. The molecule has 0 bridgehead atoms. The number of rotatable bonds is 1. The van der Waals surface area contributed by atoms with Gasteiger partial charge < -0.3 is 14.5 Å². The fourth-order valence-corrected chi connectivity index (χ4v) is 1.92. The molecule has 4 heteroatoms. The molecule has 0 saturated carbocycles. The molecule has 3 heterocycles. The van der Waals surface area contributed by atoms with Crippen LogP contribution in [0.3, 0.4) is 0 Å². The van der Waals surface area contributed by atoms with Crippen LogP contribution in [0, 0.1) is 0 Å². The minimum atomic E-state index is 0.311. The van der Waals surface area contributed by atoms with E-state index in [1.165, 1.54) is 5.56 Å². The number of hydrogen-bond acceptors (Lipinski definition) is 3. The van der Waals surface area contributed by atoms with E-state index in [4.69, 9.17) is 4.74 Å². The molecule has 1 aliphatic rings. The first-order valence-corrected chi connectivity index (χ1v) is 5.17. The monoisotopic (exact) mass is 203 g/mol. The van der Waals surface area contributed by atoms with Gasteiger partial charge in [0.1, 0.15) is 5.65 Å². The van der Waals surface area contributed by atoms with E-state index in [-0.39, 0.29) is 0 Å². The molecule has 0 spiro atoms. The van der Waals surface area contributed by atoms with Crippen molar-refractivity contribution in [2.45, 2.75) is 6.04 Å². The van der Waals surface area contributed by atoms with Gasteiger partial charge in [0.15, 0.2) is 0 Å². The van der Waals surface area contributed by atoms with Crippen LogP contribution in [0.15, 0.2) is 30.7 Å². The first kappa shape index (κ1) is 8.88. The summed E-state index contributed by atoms with van der Waals surface area (Å²) in [6.45, 7) is 2.48. The van der Waals surface area contributed by atoms with E-state index in [0.29, 0.717) is 6.04 Å². The number of morpholine rings is 1. The van der Waals surface area contributed by atoms with Crippen LogP contribution in [0.1, 0.15) is 11.6 Å². The summed E-state index contributed by atoms with van der Waals surface area (Å²) in [5.41, 5.74) is 2.23. The van der Waals surface area contributed by atoms with E-state index >= 15 is 0 Å². The number of fused-ring (bicyclic) bond motifs is 1. The molecule has 0 aliphatic carbocycles. The lowest BCUT2D eigenvalue weighted by molar-refractivity contribution is 0.0767. The lowest BCUT2D eigenvalue weighted by atomic mass is 10.1. The molecule has 0 radical (unpaired) electrons. The van der Waals surface area contributed by atoms with Crippen molar-refractivity contribution in [1.82, 2.24) is 14.7 Å². The molecule has 2 aromatic heterocycles. The SMILES string of the molecule is c1cn2cc(C3COCCN3)ccc2n1. The van der Waals surface area contributed by atoms with E-state index in [1.807, 2.05) is 22.9 Å². The summed E-state index contributed by atoms with van der Waals surface area (Å²) in [5, 5.41) is 3.43. The summed E-state index contributed by atoms with van der Waals surface area (Å²) in [5.74, 6) is 0. The summed E-state index contributed by atoms with van der Waals surface area (Å²) in [6, 6.07) is 4.45. The van der Waals surface area contributed by atoms with Gasteiger partial charge in [-0.2, -0.15) is 0 Å². The molecular weight excluding hydrogens is 190 g/mol. The lowest BCUT2D eigenvalue weighted by Crippen LogP contribution is -2.34. The van der Waals surface area contributed by atoms with Gasteiger partial charge in [-0.15, -0.1) is 0 Å². The summed E-state index contributed by atoms with van der Waals surface area (Å²) in [4.78, 5) is 4.22. The Kier molecular flexibility index (Phi) is 2.16. The van der Waals surface area contributed by atoms with Gasteiger partial charge in [-0.3, -0.25) is 0 Å². The molecule has 15 heavy (non-hydrogen) atoms. The molecule has 1 N–H and O–H groups in total. The normalized spacial score (nSPS) is 22.0. The standard InChI is InChI=1S/C11H13N3O/c1-2-11-13-3-5-14(11)7-9(1)10-8-15-6-4-12-10/h1-3,5,7,10,12H,4,6,8H2. The van der Waals surface area contributed by atoms with Crippen LogP contribution in [0.5, 0.6) is 0 Å². The van der Waals surface area contributed by atoms with Crippen LogP contribution >= 0.6 is 0 Å². The molecule has 1 atom stereocenters. The maximum absolute atomic E-state index is 5.44. The average Bonchev–Trinajstić information content (AvgIpc) is 2.77. The molecule has 4 nitrogen and oxygen atoms in total. The van der Waals surface area contributed by atoms with Crippen LogP contribution < -0.4 is 5.32 Å². The number of pyridine rings is 1. The molecule has 0 aromatic carbocycles. The van der Waals surface area contributed by atoms with Crippen LogP contribution in [0.2, 0.25) is 0 Å². The van der Waals surface area contributed by atoms with E-state index in [2.05, 4.69) is 22.6 Å². The Bertz CT molecular complexity index is 460. The highest BCUT2D eigenvalue weighted by Crippen LogP contribution is 2.16. The molecule has 2 aromatic rings. The van der Waals surface area contributed by atoms with E-state index in [9.17, 15) is 0 Å². The molecule has 3 rings (SSSR count). The Labute approximate surface area is 87.9 Å². The number of aromatic nitrogens is 2. The molecular formula is C11H13N3O. The minimum Gasteiger partial charge on any atom is -0.378 e. The zero-order chi connectivity index (χ0) is 10.1. The Morgan fingerprint density at radius 1 is 1.47 bits per heavy atom. The van der Waals surface area contributed by atoms with Crippen molar-refractivity contribution in [3.8, 4) is 0 Å². The number of nitrogens with one attached hydrogen (secondary N) is 1. The Morgan fingerprint density at radius 2 is 2.47 bits per heavy atom. The summed E-state index contributed by atoms with van der Waals surface area (Å²) >= 11 is 0.